The highest BCUT2D eigenvalue weighted by atomic mass is 32.2. The van der Waals surface area contributed by atoms with Crippen molar-refractivity contribution in [2.24, 2.45) is 5.92 Å². The van der Waals surface area contributed by atoms with Gasteiger partial charge in [-0.05, 0) is 37.8 Å². The largest absolute Gasteiger partial charge is 0.482 e. The molecule has 3 heterocycles. The van der Waals surface area contributed by atoms with E-state index in [0.717, 1.165) is 18.5 Å². The van der Waals surface area contributed by atoms with Gasteiger partial charge in [0.1, 0.15) is 12.3 Å². The predicted octanol–water partition coefficient (Wildman–Crippen LogP) is 2.24. The van der Waals surface area contributed by atoms with Crippen molar-refractivity contribution in [3.63, 3.8) is 0 Å². The first kappa shape index (κ1) is 21.7. The van der Waals surface area contributed by atoms with Gasteiger partial charge in [0.25, 0.3) is 5.91 Å². The predicted molar refractivity (Wildman–Crippen MR) is 117 cm³/mol. The van der Waals surface area contributed by atoms with Crippen LogP contribution in [0.1, 0.15) is 25.5 Å². The zero-order chi connectivity index (χ0) is 22.2. The fourth-order valence-electron chi connectivity index (χ4n) is 3.61. The number of amides is 2. The number of nitrogens with zero attached hydrogens (tertiary/aromatic N) is 3. The number of aromatic nitrogens is 1. The maximum absolute atomic E-state index is 13.0. The molecule has 0 spiro atoms. The van der Waals surface area contributed by atoms with Crippen LogP contribution in [0.5, 0.6) is 5.75 Å². The Morgan fingerprint density at radius 2 is 2.06 bits per heavy atom. The van der Waals surface area contributed by atoms with Gasteiger partial charge in [-0.3, -0.25) is 14.5 Å². The van der Waals surface area contributed by atoms with Gasteiger partial charge in [0.05, 0.1) is 16.3 Å². The first-order valence-corrected chi connectivity index (χ1v) is 12.4. The molecule has 31 heavy (non-hydrogen) atoms. The highest BCUT2D eigenvalue weighted by molar-refractivity contribution is 7.89. The number of fused-ring (bicyclic) bond motifs is 1. The fraction of sp³-hybridized carbons (Fsp3) is 0.450. The number of ether oxygens (including phenoxy) is 1. The lowest BCUT2D eigenvalue weighted by molar-refractivity contribution is -0.123. The van der Waals surface area contributed by atoms with Gasteiger partial charge < -0.3 is 10.1 Å². The second-order valence-corrected chi connectivity index (χ2v) is 10.6. The molecule has 1 aromatic carbocycles. The van der Waals surface area contributed by atoms with Gasteiger partial charge in [0, 0.05) is 24.5 Å². The van der Waals surface area contributed by atoms with E-state index in [-0.39, 0.29) is 29.7 Å². The molecule has 1 N–H and O–H groups in total. The summed E-state index contributed by atoms with van der Waals surface area (Å²) in [6, 6.07) is 4.42. The SMILES string of the molecule is Cc1csc(NC(=O)CN2C(=O)COc3cc(S(=O)(=O)N4CCC(C)CC4)ccc32)n1. The number of hydrogen-bond donors (Lipinski definition) is 1. The maximum atomic E-state index is 13.0. The molecule has 0 atom stereocenters. The van der Waals surface area contributed by atoms with Crippen molar-refractivity contribution in [1.82, 2.24) is 9.29 Å². The van der Waals surface area contributed by atoms with Crippen LogP contribution in [0.15, 0.2) is 28.5 Å². The van der Waals surface area contributed by atoms with Gasteiger partial charge in [-0.1, -0.05) is 6.92 Å². The number of benzene rings is 1. The van der Waals surface area contributed by atoms with E-state index in [1.165, 1.54) is 38.7 Å². The summed E-state index contributed by atoms with van der Waals surface area (Å²) in [5.74, 6) is 0.00884. The molecular weight excluding hydrogens is 440 g/mol. The van der Waals surface area contributed by atoms with E-state index in [9.17, 15) is 18.0 Å². The van der Waals surface area contributed by atoms with Crippen molar-refractivity contribution >= 4 is 44.0 Å². The molecule has 9 nitrogen and oxygen atoms in total. The van der Waals surface area contributed by atoms with Crippen LogP contribution in [0.2, 0.25) is 0 Å². The van der Waals surface area contributed by atoms with Crippen molar-refractivity contribution in [3.8, 4) is 5.75 Å². The Balaban J connectivity index is 1.53. The Bertz CT molecular complexity index is 1110. The van der Waals surface area contributed by atoms with Crippen LogP contribution in [0, 0.1) is 12.8 Å². The van der Waals surface area contributed by atoms with Crippen LogP contribution in [-0.2, 0) is 19.6 Å². The lowest BCUT2D eigenvalue weighted by Crippen LogP contribution is -2.43. The van der Waals surface area contributed by atoms with Crippen molar-refractivity contribution in [1.29, 1.82) is 0 Å². The number of piperidine rings is 1. The molecule has 1 saturated heterocycles. The number of nitrogens with one attached hydrogen (secondary N) is 1. The number of thiazole rings is 1. The maximum Gasteiger partial charge on any atom is 0.265 e. The molecule has 2 amide bonds. The molecule has 0 bridgehead atoms. The Hall–Kier alpha value is -2.50. The van der Waals surface area contributed by atoms with Crippen LogP contribution < -0.4 is 15.0 Å². The topological polar surface area (TPSA) is 109 Å². The first-order chi connectivity index (χ1) is 14.7. The third kappa shape index (κ3) is 4.58. The van der Waals surface area contributed by atoms with Crippen LogP contribution >= 0.6 is 11.3 Å². The van der Waals surface area contributed by atoms with Gasteiger partial charge in [-0.25, -0.2) is 13.4 Å². The summed E-state index contributed by atoms with van der Waals surface area (Å²) in [6.45, 7) is 4.44. The van der Waals surface area contributed by atoms with E-state index in [1.807, 2.05) is 12.3 Å². The van der Waals surface area contributed by atoms with Gasteiger partial charge in [-0.2, -0.15) is 4.31 Å². The van der Waals surface area contributed by atoms with Crippen LogP contribution in [0.4, 0.5) is 10.8 Å². The van der Waals surface area contributed by atoms with Crippen molar-refractivity contribution in [2.75, 3.05) is 36.5 Å². The highest BCUT2D eigenvalue weighted by Crippen LogP contribution is 2.35. The zero-order valence-corrected chi connectivity index (χ0v) is 19.0. The molecule has 166 valence electrons. The van der Waals surface area contributed by atoms with E-state index >= 15 is 0 Å². The summed E-state index contributed by atoms with van der Waals surface area (Å²) in [6.07, 6.45) is 1.66. The quantitative estimate of drug-likeness (QED) is 0.727. The van der Waals surface area contributed by atoms with E-state index < -0.39 is 15.9 Å². The number of aryl methyl sites for hydroxylation is 1. The number of anilines is 2. The molecule has 2 aliphatic rings. The van der Waals surface area contributed by atoms with Crippen molar-refractivity contribution < 1.29 is 22.7 Å². The van der Waals surface area contributed by atoms with Crippen LogP contribution in [-0.4, -0.2) is 55.8 Å². The summed E-state index contributed by atoms with van der Waals surface area (Å²) in [5.41, 5.74) is 1.16. The van der Waals surface area contributed by atoms with Crippen molar-refractivity contribution in [2.45, 2.75) is 31.6 Å². The average molecular weight is 465 g/mol. The van der Waals surface area contributed by atoms with Crippen LogP contribution in [0.3, 0.4) is 0 Å². The van der Waals surface area contributed by atoms with E-state index in [1.54, 1.807) is 0 Å². The lowest BCUT2D eigenvalue weighted by Gasteiger charge is -2.31. The standard InChI is InChI=1S/C20H24N4O5S2/c1-13-5-7-23(8-6-13)31(27,28)15-3-4-16-17(9-15)29-11-19(26)24(16)10-18(25)22-20-21-14(2)12-30-20/h3-4,9,12-13H,5-8,10-11H2,1-2H3,(H,21,22,25). The number of carbonyl (C=O) groups is 2. The zero-order valence-electron chi connectivity index (χ0n) is 17.3. The molecule has 0 unspecified atom stereocenters. The number of hydrogen-bond acceptors (Lipinski definition) is 7. The van der Waals surface area contributed by atoms with Gasteiger partial charge >= 0.3 is 0 Å². The molecule has 0 aliphatic carbocycles. The first-order valence-electron chi connectivity index (χ1n) is 10.0. The molecule has 11 heteroatoms. The molecule has 0 radical (unpaired) electrons. The van der Waals surface area contributed by atoms with Gasteiger partial charge in [-0.15, -0.1) is 11.3 Å². The Labute approximate surface area is 185 Å². The highest BCUT2D eigenvalue weighted by Gasteiger charge is 2.32. The second kappa shape index (κ2) is 8.56. The summed E-state index contributed by atoms with van der Waals surface area (Å²) in [5, 5.41) is 4.95. The third-order valence-electron chi connectivity index (χ3n) is 5.42. The van der Waals surface area contributed by atoms with Crippen LogP contribution in [0.25, 0.3) is 0 Å². The van der Waals surface area contributed by atoms with Gasteiger partial charge in [0.2, 0.25) is 15.9 Å². The minimum absolute atomic E-state index is 0.123. The van der Waals surface area contributed by atoms with Crippen molar-refractivity contribution in [3.05, 3.63) is 29.3 Å². The van der Waals surface area contributed by atoms with E-state index in [0.29, 0.717) is 29.8 Å². The molecule has 1 aromatic heterocycles. The smallest absolute Gasteiger partial charge is 0.265 e. The van der Waals surface area contributed by atoms with E-state index in [4.69, 9.17) is 4.74 Å². The summed E-state index contributed by atoms with van der Waals surface area (Å²) >= 11 is 1.30. The molecule has 4 rings (SSSR count). The number of rotatable bonds is 5. The minimum Gasteiger partial charge on any atom is -0.482 e. The number of sulfonamides is 1. The normalized spacial score (nSPS) is 17.9. The molecule has 2 aromatic rings. The average Bonchev–Trinajstić information content (AvgIpc) is 3.14. The Morgan fingerprint density at radius 1 is 1.32 bits per heavy atom. The third-order valence-corrected chi connectivity index (χ3v) is 8.19. The monoisotopic (exact) mass is 464 g/mol. The van der Waals surface area contributed by atoms with Gasteiger partial charge in [0.15, 0.2) is 11.7 Å². The number of carbonyl (C=O) groups excluding carboxylic acids is 2. The fourth-order valence-corrected chi connectivity index (χ4v) is 5.80. The molecule has 1 fully saturated rings. The summed E-state index contributed by atoms with van der Waals surface area (Å²) in [7, 11) is -3.65. The summed E-state index contributed by atoms with van der Waals surface area (Å²) < 4.78 is 33.0. The Morgan fingerprint density at radius 3 is 2.74 bits per heavy atom. The summed E-state index contributed by atoms with van der Waals surface area (Å²) in [4.78, 5) is 30.4. The molecule has 0 saturated carbocycles. The Kier molecular flexibility index (Phi) is 6.00. The molecular formula is C20H24N4O5S2. The minimum atomic E-state index is -3.65. The lowest BCUT2D eigenvalue weighted by atomic mass is 10.0. The second-order valence-electron chi connectivity index (χ2n) is 7.83. The van der Waals surface area contributed by atoms with E-state index in [2.05, 4.69) is 17.2 Å². The molecule has 2 aliphatic heterocycles.